The number of rotatable bonds is 6. The molecule has 0 aliphatic carbocycles. The first kappa shape index (κ1) is 16.4. The van der Waals surface area contributed by atoms with E-state index in [2.05, 4.69) is 0 Å². The third kappa shape index (κ3) is 3.90. The van der Waals surface area contributed by atoms with Crippen molar-refractivity contribution in [1.82, 2.24) is 4.72 Å². The summed E-state index contributed by atoms with van der Waals surface area (Å²) in [5.41, 5.74) is -0.381. The number of hydrogen-bond donors (Lipinski definition) is 2. The molecule has 1 aromatic rings. The molecule has 2 N–H and O–H groups in total. The first-order valence-electron chi connectivity index (χ1n) is 5.05. The molecule has 0 aliphatic heterocycles. The number of sulfonamides is 1. The second kappa shape index (κ2) is 5.75. The average molecular weight is 315 g/mol. The first-order valence-corrected chi connectivity index (χ1v) is 6.53. The maximum Gasteiger partial charge on any atom is 0.335 e. The van der Waals surface area contributed by atoms with Crippen molar-refractivity contribution in [3.05, 3.63) is 29.8 Å². The molecule has 0 unspecified atom stereocenters. The molecule has 112 valence electrons. The molecule has 0 bridgehead atoms. The number of carboxylic acids is 1. The van der Waals surface area contributed by atoms with Crippen molar-refractivity contribution in [1.29, 1.82) is 0 Å². The van der Waals surface area contributed by atoms with Gasteiger partial charge >= 0.3 is 18.3 Å². The Morgan fingerprint density at radius 2 is 1.95 bits per heavy atom. The number of hydrogen-bond acceptors (Lipinski definition) is 3. The second-order valence-electron chi connectivity index (χ2n) is 3.72. The number of carbonyl (C=O) groups is 1. The molecule has 0 saturated carbocycles. The number of benzene rings is 1. The van der Waals surface area contributed by atoms with E-state index in [1.807, 2.05) is 0 Å². The van der Waals surface area contributed by atoms with Crippen molar-refractivity contribution < 1.29 is 35.9 Å². The largest absolute Gasteiger partial charge is 0.478 e. The Morgan fingerprint density at radius 3 is 2.45 bits per heavy atom. The average Bonchev–Trinajstić information content (AvgIpc) is 2.36. The summed E-state index contributed by atoms with van der Waals surface area (Å²) in [6, 6.07) is 3.86. The normalized spacial score (nSPS) is 12.7. The molecule has 1 aromatic carbocycles. The van der Waals surface area contributed by atoms with E-state index in [4.69, 9.17) is 5.11 Å². The highest BCUT2D eigenvalue weighted by Crippen LogP contribution is 2.22. The molecular weight excluding hydrogens is 306 g/mol. The molecule has 5 nitrogen and oxygen atoms in total. The SMILES string of the molecule is O=C(O)c1cccc(S(=O)(=O)NCC(F)(F)C(F)F)c1. The monoisotopic (exact) mass is 315 g/mol. The number of alkyl halides is 4. The van der Waals surface area contributed by atoms with Gasteiger partial charge in [-0.05, 0) is 18.2 Å². The molecule has 20 heavy (non-hydrogen) atoms. The fraction of sp³-hybridized carbons (Fsp3) is 0.300. The standard InChI is InChI=1S/C10H9F4NO4S/c11-9(12)10(13,14)5-15-20(18,19)7-3-1-2-6(4-7)8(16)17/h1-4,9,15H,5H2,(H,16,17). The molecule has 0 fully saturated rings. The lowest BCUT2D eigenvalue weighted by Crippen LogP contribution is -2.41. The molecule has 0 aliphatic rings. The van der Waals surface area contributed by atoms with Gasteiger partial charge in [0.15, 0.2) is 0 Å². The van der Waals surface area contributed by atoms with Crippen LogP contribution in [0.4, 0.5) is 17.6 Å². The van der Waals surface area contributed by atoms with E-state index >= 15 is 0 Å². The van der Waals surface area contributed by atoms with Crippen LogP contribution in [-0.4, -0.2) is 38.4 Å². The van der Waals surface area contributed by atoms with Gasteiger partial charge in [0.2, 0.25) is 10.0 Å². The van der Waals surface area contributed by atoms with Crippen LogP contribution >= 0.6 is 0 Å². The minimum absolute atomic E-state index is 0.381. The molecule has 10 heteroatoms. The van der Waals surface area contributed by atoms with E-state index in [9.17, 15) is 30.8 Å². The summed E-state index contributed by atoms with van der Waals surface area (Å²) in [6.45, 7) is -1.79. The highest BCUT2D eigenvalue weighted by Gasteiger charge is 2.41. The van der Waals surface area contributed by atoms with Gasteiger partial charge in [-0.15, -0.1) is 0 Å². The smallest absolute Gasteiger partial charge is 0.335 e. The van der Waals surface area contributed by atoms with E-state index in [0.29, 0.717) is 0 Å². The van der Waals surface area contributed by atoms with Gasteiger partial charge in [-0.1, -0.05) is 6.07 Å². The summed E-state index contributed by atoms with van der Waals surface area (Å²) in [6.07, 6.45) is -4.02. The van der Waals surface area contributed by atoms with Crippen molar-refractivity contribution in [3.8, 4) is 0 Å². The van der Waals surface area contributed by atoms with Crippen LogP contribution < -0.4 is 4.72 Å². The van der Waals surface area contributed by atoms with Crippen molar-refractivity contribution in [2.24, 2.45) is 0 Å². The topological polar surface area (TPSA) is 83.5 Å². The zero-order valence-corrected chi connectivity index (χ0v) is 10.5. The molecule has 0 radical (unpaired) electrons. The predicted molar refractivity (Wildman–Crippen MR) is 59.5 cm³/mol. The maximum absolute atomic E-state index is 12.6. The van der Waals surface area contributed by atoms with Crippen LogP contribution in [0.2, 0.25) is 0 Å². The molecule has 0 amide bonds. The van der Waals surface area contributed by atoms with Crippen LogP contribution in [0.3, 0.4) is 0 Å². The second-order valence-corrected chi connectivity index (χ2v) is 5.49. The summed E-state index contributed by atoms with van der Waals surface area (Å²) in [5, 5.41) is 8.67. The summed E-state index contributed by atoms with van der Waals surface area (Å²) in [4.78, 5) is 10.0. The quantitative estimate of drug-likeness (QED) is 0.781. The van der Waals surface area contributed by atoms with E-state index in [0.717, 1.165) is 24.3 Å². The van der Waals surface area contributed by atoms with Gasteiger partial charge < -0.3 is 5.11 Å². The molecule has 0 saturated heterocycles. The van der Waals surface area contributed by atoms with Crippen LogP contribution in [0.1, 0.15) is 10.4 Å². The van der Waals surface area contributed by atoms with Gasteiger partial charge in [0.25, 0.3) is 0 Å². The fourth-order valence-electron chi connectivity index (χ4n) is 1.15. The summed E-state index contributed by atoms with van der Waals surface area (Å²) >= 11 is 0. The molecule has 0 aromatic heterocycles. The number of nitrogens with one attached hydrogen (secondary N) is 1. The van der Waals surface area contributed by atoms with Gasteiger partial charge in [-0.25, -0.2) is 26.7 Å². The number of aromatic carboxylic acids is 1. The Kier molecular flexibility index (Phi) is 4.71. The minimum Gasteiger partial charge on any atom is -0.478 e. The number of halogens is 4. The summed E-state index contributed by atoms with van der Waals surface area (Å²) in [7, 11) is -4.51. The molecule has 0 spiro atoms. The maximum atomic E-state index is 12.6. The van der Waals surface area contributed by atoms with Crippen LogP contribution in [0.5, 0.6) is 0 Å². The van der Waals surface area contributed by atoms with Crippen molar-refractivity contribution in [2.45, 2.75) is 17.2 Å². The molecule has 1 rings (SSSR count). The Morgan fingerprint density at radius 1 is 1.35 bits per heavy atom. The highest BCUT2D eigenvalue weighted by atomic mass is 32.2. The first-order chi connectivity index (χ1) is 9.06. The Labute approximate surface area is 111 Å². The van der Waals surface area contributed by atoms with E-state index in [-0.39, 0.29) is 5.56 Å². The highest BCUT2D eigenvalue weighted by molar-refractivity contribution is 7.89. The summed E-state index contributed by atoms with van der Waals surface area (Å²) < 4.78 is 73.6. The molecule has 0 atom stereocenters. The third-order valence-corrected chi connectivity index (χ3v) is 3.61. The third-order valence-electron chi connectivity index (χ3n) is 2.21. The van der Waals surface area contributed by atoms with Gasteiger partial charge in [0.1, 0.15) is 0 Å². The number of carboxylic acid groups (broad SMARTS) is 1. The van der Waals surface area contributed by atoms with Crippen LogP contribution in [0.15, 0.2) is 29.2 Å². The van der Waals surface area contributed by atoms with E-state index < -0.39 is 39.8 Å². The van der Waals surface area contributed by atoms with Gasteiger partial charge in [-0.3, -0.25) is 0 Å². The van der Waals surface area contributed by atoms with Crippen LogP contribution in [0, 0.1) is 0 Å². The van der Waals surface area contributed by atoms with Crippen LogP contribution in [0.25, 0.3) is 0 Å². The van der Waals surface area contributed by atoms with E-state index in [1.165, 1.54) is 4.72 Å². The molecular formula is C10H9F4NO4S. The zero-order chi connectivity index (χ0) is 15.6. The predicted octanol–water partition coefficient (Wildman–Crippen LogP) is 1.56. The molecule has 0 heterocycles. The zero-order valence-electron chi connectivity index (χ0n) is 9.69. The van der Waals surface area contributed by atoms with Crippen molar-refractivity contribution in [2.75, 3.05) is 6.54 Å². The lowest BCUT2D eigenvalue weighted by molar-refractivity contribution is -0.122. The lowest BCUT2D eigenvalue weighted by Gasteiger charge is -2.16. The fourth-order valence-corrected chi connectivity index (χ4v) is 2.24. The van der Waals surface area contributed by atoms with Crippen LogP contribution in [-0.2, 0) is 10.0 Å². The van der Waals surface area contributed by atoms with Crippen molar-refractivity contribution >= 4 is 16.0 Å². The van der Waals surface area contributed by atoms with Crippen molar-refractivity contribution in [3.63, 3.8) is 0 Å². The lowest BCUT2D eigenvalue weighted by atomic mass is 10.2. The van der Waals surface area contributed by atoms with E-state index in [1.54, 1.807) is 0 Å². The minimum atomic E-state index is -4.52. The summed E-state index contributed by atoms with van der Waals surface area (Å²) in [5.74, 6) is -5.93. The Bertz CT molecular complexity index is 603. The van der Waals surface area contributed by atoms with Gasteiger partial charge in [0, 0.05) is 0 Å². The van der Waals surface area contributed by atoms with Gasteiger partial charge in [-0.2, -0.15) is 8.78 Å². The Balaban J connectivity index is 2.95. The Hall–Kier alpha value is -1.68. The van der Waals surface area contributed by atoms with Gasteiger partial charge in [0.05, 0.1) is 17.0 Å².